The van der Waals surface area contributed by atoms with E-state index in [-0.39, 0.29) is 17.1 Å². The van der Waals surface area contributed by atoms with E-state index in [1.165, 1.54) is 5.56 Å². The van der Waals surface area contributed by atoms with E-state index in [1.807, 2.05) is 25.1 Å². The second-order valence-electron chi connectivity index (χ2n) is 6.32. The Kier molecular flexibility index (Phi) is 4.43. The van der Waals surface area contributed by atoms with Crippen LogP contribution in [0.2, 0.25) is 0 Å². The van der Waals surface area contributed by atoms with Gasteiger partial charge in [-0.1, -0.05) is 31.2 Å². The zero-order valence-corrected chi connectivity index (χ0v) is 13.5. The lowest BCUT2D eigenvalue weighted by molar-refractivity contribution is -0.146. The summed E-state index contributed by atoms with van der Waals surface area (Å²) in [6, 6.07) is 8.12. The van der Waals surface area contributed by atoms with Gasteiger partial charge in [-0.25, -0.2) is 0 Å². The second-order valence-corrected chi connectivity index (χ2v) is 7.53. The van der Waals surface area contributed by atoms with Gasteiger partial charge in [-0.15, -0.1) is 11.8 Å². The van der Waals surface area contributed by atoms with Crippen LogP contribution in [0.1, 0.15) is 29.7 Å². The van der Waals surface area contributed by atoms with Crippen LogP contribution < -0.4 is 0 Å². The van der Waals surface area contributed by atoms with E-state index >= 15 is 0 Å². The summed E-state index contributed by atoms with van der Waals surface area (Å²) in [5.74, 6) is 0.0364. The number of nitrogens with zero attached hydrogens (tertiary/aromatic N) is 1. The molecule has 0 radical (unpaired) electrons. The lowest BCUT2D eigenvalue weighted by Crippen LogP contribution is -2.47. The Morgan fingerprint density at radius 2 is 2.05 bits per heavy atom. The van der Waals surface area contributed by atoms with E-state index in [9.17, 15) is 14.7 Å². The number of aliphatic carboxylic acids is 1. The molecule has 0 saturated carbocycles. The lowest BCUT2D eigenvalue weighted by Gasteiger charge is -2.37. The van der Waals surface area contributed by atoms with Crippen molar-refractivity contribution >= 4 is 23.6 Å². The van der Waals surface area contributed by atoms with Gasteiger partial charge in [-0.2, -0.15) is 0 Å². The number of piperidine rings is 1. The molecular formula is C17H21NO3S. The van der Waals surface area contributed by atoms with Crippen molar-refractivity contribution in [1.29, 1.82) is 0 Å². The molecule has 0 aromatic heterocycles. The van der Waals surface area contributed by atoms with Crippen LogP contribution in [0.15, 0.2) is 24.3 Å². The number of likely N-dealkylation sites (tertiary alicyclic amines) is 1. The SMILES string of the molecule is CC1CC(C(=O)O)CN(C(=O)C2SCCc3ccccc32)C1. The van der Waals surface area contributed by atoms with Gasteiger partial charge in [0.1, 0.15) is 5.25 Å². The lowest BCUT2D eigenvalue weighted by atomic mass is 9.90. The van der Waals surface area contributed by atoms with Crippen molar-refractivity contribution in [2.24, 2.45) is 11.8 Å². The van der Waals surface area contributed by atoms with E-state index in [2.05, 4.69) is 6.07 Å². The Morgan fingerprint density at radius 3 is 2.82 bits per heavy atom. The normalized spacial score (nSPS) is 28.0. The van der Waals surface area contributed by atoms with E-state index in [1.54, 1.807) is 16.7 Å². The number of carbonyl (C=O) groups excluding carboxylic acids is 1. The summed E-state index contributed by atoms with van der Waals surface area (Å²) in [6.45, 7) is 3.04. The molecule has 1 aromatic rings. The predicted molar refractivity (Wildman–Crippen MR) is 86.8 cm³/mol. The Labute approximate surface area is 134 Å². The molecule has 2 heterocycles. The quantitative estimate of drug-likeness (QED) is 0.910. The van der Waals surface area contributed by atoms with Gasteiger partial charge in [0.15, 0.2) is 0 Å². The van der Waals surface area contributed by atoms with Crippen LogP contribution in [0.5, 0.6) is 0 Å². The van der Waals surface area contributed by atoms with Gasteiger partial charge in [-0.3, -0.25) is 9.59 Å². The number of carboxylic acids is 1. The van der Waals surface area contributed by atoms with Gasteiger partial charge < -0.3 is 10.0 Å². The number of thioether (sulfide) groups is 1. The molecule has 1 saturated heterocycles. The zero-order chi connectivity index (χ0) is 15.7. The monoisotopic (exact) mass is 319 g/mol. The average Bonchev–Trinajstić information content (AvgIpc) is 2.53. The first-order valence-electron chi connectivity index (χ1n) is 7.77. The van der Waals surface area contributed by atoms with Gasteiger partial charge in [-0.05, 0) is 35.6 Å². The first-order chi connectivity index (χ1) is 10.6. The number of amides is 1. The van der Waals surface area contributed by atoms with Crippen molar-refractivity contribution in [1.82, 2.24) is 4.90 Å². The number of carbonyl (C=O) groups is 2. The summed E-state index contributed by atoms with van der Waals surface area (Å²) in [4.78, 5) is 26.0. The molecule has 4 nitrogen and oxygen atoms in total. The third-order valence-corrected chi connectivity index (χ3v) is 5.77. The molecule has 1 aromatic carbocycles. The van der Waals surface area contributed by atoms with Crippen molar-refractivity contribution in [2.75, 3.05) is 18.8 Å². The van der Waals surface area contributed by atoms with Crippen LogP contribution in [-0.2, 0) is 16.0 Å². The number of hydrogen-bond acceptors (Lipinski definition) is 3. The summed E-state index contributed by atoms with van der Waals surface area (Å²) < 4.78 is 0. The highest BCUT2D eigenvalue weighted by molar-refractivity contribution is 8.00. The fourth-order valence-electron chi connectivity index (χ4n) is 3.47. The predicted octanol–water partition coefficient (Wildman–Crippen LogP) is 2.59. The molecule has 1 N–H and O–H groups in total. The van der Waals surface area contributed by atoms with Gasteiger partial charge in [0.25, 0.3) is 0 Å². The smallest absolute Gasteiger partial charge is 0.308 e. The highest BCUT2D eigenvalue weighted by Gasteiger charge is 2.36. The molecule has 2 aliphatic heterocycles. The van der Waals surface area contributed by atoms with Crippen molar-refractivity contribution in [3.05, 3.63) is 35.4 Å². The maximum atomic E-state index is 12.9. The van der Waals surface area contributed by atoms with E-state index < -0.39 is 11.9 Å². The molecule has 0 bridgehead atoms. The Bertz CT molecular complexity index is 589. The van der Waals surface area contributed by atoms with E-state index in [0.717, 1.165) is 17.7 Å². The molecule has 118 valence electrons. The van der Waals surface area contributed by atoms with E-state index in [4.69, 9.17) is 0 Å². The first-order valence-corrected chi connectivity index (χ1v) is 8.82. The maximum absolute atomic E-state index is 12.9. The first kappa shape index (κ1) is 15.4. The van der Waals surface area contributed by atoms with Crippen LogP contribution >= 0.6 is 11.8 Å². The highest BCUT2D eigenvalue weighted by Crippen LogP contribution is 2.39. The molecule has 1 amide bonds. The van der Waals surface area contributed by atoms with Gasteiger partial charge in [0.05, 0.1) is 5.92 Å². The van der Waals surface area contributed by atoms with Gasteiger partial charge in [0.2, 0.25) is 5.91 Å². The van der Waals surface area contributed by atoms with Crippen molar-refractivity contribution < 1.29 is 14.7 Å². The van der Waals surface area contributed by atoms with Gasteiger partial charge >= 0.3 is 5.97 Å². The maximum Gasteiger partial charge on any atom is 0.308 e. The summed E-state index contributed by atoms with van der Waals surface area (Å²) in [5.41, 5.74) is 2.35. The second kappa shape index (κ2) is 6.32. The average molecular weight is 319 g/mol. The third kappa shape index (κ3) is 3.00. The van der Waals surface area contributed by atoms with Crippen LogP contribution in [0, 0.1) is 11.8 Å². The minimum atomic E-state index is -0.791. The summed E-state index contributed by atoms with van der Waals surface area (Å²) in [6.07, 6.45) is 1.66. The van der Waals surface area contributed by atoms with Crippen LogP contribution in [0.25, 0.3) is 0 Å². The molecule has 5 heteroatoms. The molecule has 22 heavy (non-hydrogen) atoms. The minimum Gasteiger partial charge on any atom is -0.481 e. The zero-order valence-electron chi connectivity index (χ0n) is 12.7. The molecule has 2 aliphatic rings. The molecule has 1 fully saturated rings. The fraction of sp³-hybridized carbons (Fsp3) is 0.529. The number of benzene rings is 1. The Balaban J connectivity index is 1.81. The Morgan fingerprint density at radius 1 is 1.27 bits per heavy atom. The molecule has 3 atom stereocenters. The van der Waals surface area contributed by atoms with Crippen LogP contribution in [0.3, 0.4) is 0 Å². The van der Waals surface area contributed by atoms with Crippen molar-refractivity contribution in [2.45, 2.75) is 25.0 Å². The summed E-state index contributed by atoms with van der Waals surface area (Å²) in [5, 5.41) is 9.10. The Hall–Kier alpha value is -1.49. The topological polar surface area (TPSA) is 57.6 Å². The molecule has 3 unspecified atom stereocenters. The number of hydrogen-bond donors (Lipinski definition) is 1. The molecule has 0 spiro atoms. The molecule has 0 aliphatic carbocycles. The van der Waals surface area contributed by atoms with Crippen LogP contribution in [0.4, 0.5) is 0 Å². The summed E-state index contributed by atoms with van der Waals surface area (Å²) >= 11 is 1.68. The largest absolute Gasteiger partial charge is 0.481 e. The molecule has 3 rings (SSSR count). The van der Waals surface area contributed by atoms with Crippen LogP contribution in [-0.4, -0.2) is 40.7 Å². The highest BCUT2D eigenvalue weighted by atomic mass is 32.2. The summed E-state index contributed by atoms with van der Waals surface area (Å²) in [7, 11) is 0. The number of carboxylic acid groups (broad SMARTS) is 1. The standard InChI is InChI=1S/C17H21NO3S/c1-11-8-13(17(20)21)10-18(9-11)16(19)15-14-5-3-2-4-12(14)6-7-22-15/h2-5,11,13,15H,6-10H2,1H3,(H,20,21). The third-order valence-electron chi connectivity index (χ3n) is 4.54. The number of rotatable bonds is 2. The minimum absolute atomic E-state index is 0.0787. The van der Waals surface area contributed by atoms with E-state index in [0.29, 0.717) is 19.5 Å². The number of fused-ring (bicyclic) bond motifs is 1. The van der Waals surface area contributed by atoms with Crippen molar-refractivity contribution in [3.8, 4) is 0 Å². The molecular weight excluding hydrogens is 298 g/mol. The number of aryl methyl sites for hydroxylation is 1. The van der Waals surface area contributed by atoms with Gasteiger partial charge in [0, 0.05) is 13.1 Å². The fourth-order valence-corrected chi connectivity index (χ4v) is 4.75. The van der Waals surface area contributed by atoms with Crippen molar-refractivity contribution in [3.63, 3.8) is 0 Å².